The predicted octanol–water partition coefficient (Wildman–Crippen LogP) is 3.35. The molecule has 2 aromatic heterocycles. The molecule has 2 N–H and O–H groups in total. The van der Waals surface area contributed by atoms with E-state index in [1.807, 2.05) is 29.2 Å². The van der Waals surface area contributed by atoms with Gasteiger partial charge in [-0.25, -0.2) is 9.97 Å². The number of nitrogens with one attached hydrogen (secondary N) is 2. The van der Waals surface area contributed by atoms with Gasteiger partial charge in [-0.2, -0.15) is 5.10 Å². The van der Waals surface area contributed by atoms with E-state index in [4.69, 9.17) is 9.97 Å². The van der Waals surface area contributed by atoms with Crippen LogP contribution in [0.25, 0.3) is 11.4 Å². The molecule has 7 heteroatoms. The first-order valence-corrected chi connectivity index (χ1v) is 11.1. The standard InChI is InChI=1S/C24H28N6O/c1-17(31)30-15-11-24(12-16-30)10-7-20-21(24)27-22(18-5-3-2-4-6-18)28-23(20)25-13-8-19-9-14-26-29-19/h2-6,9,14H,7-8,10-13,15-16H2,1H3,(H,26,29)(H,25,27,28). The van der Waals surface area contributed by atoms with Crippen LogP contribution in [-0.2, 0) is 23.1 Å². The highest BCUT2D eigenvalue weighted by molar-refractivity contribution is 5.73. The van der Waals surface area contributed by atoms with Gasteiger partial charge in [-0.1, -0.05) is 30.3 Å². The lowest BCUT2D eigenvalue weighted by atomic mass is 9.76. The first-order chi connectivity index (χ1) is 15.1. The van der Waals surface area contributed by atoms with Crippen molar-refractivity contribution in [1.29, 1.82) is 0 Å². The highest BCUT2D eigenvalue weighted by Crippen LogP contribution is 2.47. The minimum absolute atomic E-state index is 0.0492. The fourth-order valence-electron chi connectivity index (χ4n) is 4.98. The van der Waals surface area contributed by atoms with E-state index in [1.54, 1.807) is 13.1 Å². The van der Waals surface area contributed by atoms with Crippen LogP contribution in [0.5, 0.6) is 0 Å². The number of amides is 1. The number of carbonyl (C=O) groups is 1. The number of anilines is 1. The number of benzene rings is 1. The topological polar surface area (TPSA) is 86.8 Å². The molecule has 1 amide bonds. The van der Waals surface area contributed by atoms with Gasteiger partial charge < -0.3 is 10.2 Å². The summed E-state index contributed by atoms with van der Waals surface area (Å²) in [7, 11) is 0. The molecule has 1 aliphatic heterocycles. The maximum Gasteiger partial charge on any atom is 0.219 e. The van der Waals surface area contributed by atoms with Crippen molar-refractivity contribution >= 4 is 11.7 Å². The van der Waals surface area contributed by atoms with Crippen LogP contribution in [0.3, 0.4) is 0 Å². The lowest BCUT2D eigenvalue weighted by molar-refractivity contribution is -0.130. The Morgan fingerprint density at radius 3 is 2.65 bits per heavy atom. The van der Waals surface area contributed by atoms with Gasteiger partial charge in [0.2, 0.25) is 5.91 Å². The van der Waals surface area contributed by atoms with E-state index in [0.717, 1.165) is 74.6 Å². The summed E-state index contributed by atoms with van der Waals surface area (Å²) >= 11 is 0. The normalized spacial score (nSPS) is 17.0. The third-order valence-corrected chi connectivity index (χ3v) is 6.81. The molecule has 1 aromatic carbocycles. The predicted molar refractivity (Wildman–Crippen MR) is 120 cm³/mol. The molecule has 3 aromatic rings. The molecule has 1 spiro atoms. The molecule has 1 aliphatic carbocycles. The molecule has 7 nitrogen and oxygen atoms in total. The summed E-state index contributed by atoms with van der Waals surface area (Å²) in [6.07, 6.45) is 6.64. The van der Waals surface area contributed by atoms with Crippen LogP contribution in [0.1, 0.15) is 43.1 Å². The molecule has 0 saturated carbocycles. The molecular weight excluding hydrogens is 388 g/mol. The monoisotopic (exact) mass is 416 g/mol. The van der Waals surface area contributed by atoms with Crippen molar-refractivity contribution in [2.45, 2.75) is 44.4 Å². The van der Waals surface area contributed by atoms with Crippen molar-refractivity contribution in [3.05, 3.63) is 59.5 Å². The summed E-state index contributed by atoms with van der Waals surface area (Å²) in [5.74, 6) is 1.90. The van der Waals surface area contributed by atoms with Crippen molar-refractivity contribution in [2.24, 2.45) is 0 Å². The molecule has 5 rings (SSSR count). The van der Waals surface area contributed by atoms with E-state index < -0.39 is 0 Å². The van der Waals surface area contributed by atoms with E-state index in [-0.39, 0.29) is 11.3 Å². The minimum Gasteiger partial charge on any atom is -0.369 e. The van der Waals surface area contributed by atoms with E-state index in [1.165, 1.54) is 11.3 Å². The summed E-state index contributed by atoms with van der Waals surface area (Å²) in [4.78, 5) is 23.9. The number of hydrogen-bond donors (Lipinski definition) is 2. The quantitative estimate of drug-likeness (QED) is 0.666. The maximum absolute atomic E-state index is 11.8. The zero-order chi connectivity index (χ0) is 21.3. The van der Waals surface area contributed by atoms with Crippen molar-refractivity contribution in [3.63, 3.8) is 0 Å². The van der Waals surface area contributed by atoms with Gasteiger partial charge in [0.15, 0.2) is 5.82 Å². The van der Waals surface area contributed by atoms with Gasteiger partial charge >= 0.3 is 0 Å². The first-order valence-electron chi connectivity index (χ1n) is 11.1. The zero-order valence-corrected chi connectivity index (χ0v) is 17.9. The molecule has 1 saturated heterocycles. The molecule has 31 heavy (non-hydrogen) atoms. The SMILES string of the molecule is CC(=O)N1CCC2(CCc3c(NCCc4ccn[nH]4)nc(-c4ccccc4)nc32)CC1. The fraction of sp³-hybridized carbons (Fsp3) is 0.417. The van der Waals surface area contributed by atoms with Crippen LogP contribution in [0, 0.1) is 0 Å². The van der Waals surface area contributed by atoms with Crippen LogP contribution >= 0.6 is 0 Å². The Kier molecular flexibility index (Phi) is 5.18. The Bertz CT molecular complexity index is 1060. The van der Waals surface area contributed by atoms with E-state index in [9.17, 15) is 4.79 Å². The summed E-state index contributed by atoms with van der Waals surface area (Å²) in [5.41, 5.74) is 4.63. The van der Waals surface area contributed by atoms with Gasteiger partial charge in [0.1, 0.15) is 5.82 Å². The summed E-state index contributed by atoms with van der Waals surface area (Å²) in [6, 6.07) is 12.2. The van der Waals surface area contributed by atoms with E-state index in [0.29, 0.717) is 0 Å². The van der Waals surface area contributed by atoms with E-state index in [2.05, 4.69) is 27.6 Å². The summed E-state index contributed by atoms with van der Waals surface area (Å²) < 4.78 is 0. The number of aromatic amines is 1. The molecular formula is C24H28N6O. The van der Waals surface area contributed by atoms with Crippen LogP contribution in [0.15, 0.2) is 42.6 Å². The Morgan fingerprint density at radius 2 is 1.94 bits per heavy atom. The van der Waals surface area contributed by atoms with Crippen molar-refractivity contribution in [2.75, 3.05) is 25.0 Å². The zero-order valence-electron chi connectivity index (χ0n) is 17.9. The van der Waals surface area contributed by atoms with Crippen molar-refractivity contribution in [3.8, 4) is 11.4 Å². The second kappa shape index (κ2) is 8.13. The Hall–Kier alpha value is -3.22. The number of carbonyl (C=O) groups excluding carboxylic acids is 1. The van der Waals surface area contributed by atoms with Crippen LogP contribution in [-0.4, -0.2) is 50.6 Å². The highest BCUT2D eigenvalue weighted by Gasteiger charge is 2.44. The average molecular weight is 417 g/mol. The number of H-pyrrole nitrogens is 1. The van der Waals surface area contributed by atoms with Gasteiger partial charge in [-0.05, 0) is 31.7 Å². The highest BCUT2D eigenvalue weighted by atomic mass is 16.2. The largest absolute Gasteiger partial charge is 0.369 e. The number of piperidine rings is 1. The van der Waals surface area contributed by atoms with Gasteiger partial charge in [0.05, 0.1) is 5.69 Å². The van der Waals surface area contributed by atoms with Crippen molar-refractivity contribution in [1.82, 2.24) is 25.1 Å². The fourth-order valence-corrected chi connectivity index (χ4v) is 4.98. The maximum atomic E-state index is 11.8. The number of fused-ring (bicyclic) bond motifs is 2. The molecule has 0 atom stereocenters. The molecule has 3 heterocycles. The molecule has 0 bridgehead atoms. The minimum atomic E-state index is 0.0492. The summed E-state index contributed by atoms with van der Waals surface area (Å²) in [6.45, 7) is 4.06. The average Bonchev–Trinajstić information content (AvgIpc) is 3.44. The smallest absolute Gasteiger partial charge is 0.219 e. The number of rotatable bonds is 5. The van der Waals surface area contributed by atoms with Gasteiger partial charge in [-0.15, -0.1) is 0 Å². The van der Waals surface area contributed by atoms with Crippen LogP contribution in [0.2, 0.25) is 0 Å². The lowest BCUT2D eigenvalue weighted by Crippen LogP contribution is -2.43. The van der Waals surface area contributed by atoms with Gasteiger partial charge in [0, 0.05) is 61.4 Å². The number of hydrogen-bond acceptors (Lipinski definition) is 5. The Labute approximate surface area is 182 Å². The number of likely N-dealkylation sites (tertiary alicyclic amines) is 1. The molecule has 0 radical (unpaired) electrons. The molecule has 1 fully saturated rings. The summed E-state index contributed by atoms with van der Waals surface area (Å²) in [5, 5.41) is 10.6. The molecule has 160 valence electrons. The third kappa shape index (κ3) is 3.80. The third-order valence-electron chi connectivity index (χ3n) is 6.81. The lowest BCUT2D eigenvalue weighted by Gasteiger charge is -2.39. The number of nitrogens with zero attached hydrogens (tertiary/aromatic N) is 4. The van der Waals surface area contributed by atoms with Gasteiger partial charge in [-0.3, -0.25) is 9.89 Å². The number of aromatic nitrogens is 4. The second-order valence-corrected chi connectivity index (χ2v) is 8.63. The van der Waals surface area contributed by atoms with Crippen LogP contribution in [0.4, 0.5) is 5.82 Å². The second-order valence-electron chi connectivity index (χ2n) is 8.63. The van der Waals surface area contributed by atoms with E-state index >= 15 is 0 Å². The van der Waals surface area contributed by atoms with Crippen molar-refractivity contribution < 1.29 is 4.79 Å². The Morgan fingerprint density at radius 1 is 1.13 bits per heavy atom. The first kappa shape index (κ1) is 19.7. The van der Waals surface area contributed by atoms with Gasteiger partial charge in [0.25, 0.3) is 0 Å². The Balaban J connectivity index is 1.47. The van der Waals surface area contributed by atoms with Crippen LogP contribution < -0.4 is 5.32 Å². The molecule has 0 unspecified atom stereocenters. The molecule has 2 aliphatic rings.